The normalized spacial score (nSPS) is 16.2. The molecule has 1 fully saturated rings. The van der Waals surface area contributed by atoms with Crippen LogP contribution in [0.5, 0.6) is 0 Å². The molecule has 3 rings (SSSR count). The quantitative estimate of drug-likeness (QED) is 0.766. The van der Waals surface area contributed by atoms with Gasteiger partial charge in [0, 0.05) is 32.7 Å². The second-order valence-corrected chi connectivity index (χ2v) is 8.37. The summed E-state index contributed by atoms with van der Waals surface area (Å²) >= 11 is 13.3. The summed E-state index contributed by atoms with van der Waals surface area (Å²) < 4.78 is 1.03. The first-order valence-corrected chi connectivity index (χ1v) is 9.63. The minimum Gasteiger partial charge on any atom is -0.337 e. The lowest BCUT2D eigenvalue weighted by Gasteiger charge is -2.22. The number of aryl methyl sites for hydroxylation is 1. The van der Waals surface area contributed by atoms with E-state index in [1.54, 1.807) is 6.07 Å². The zero-order chi connectivity index (χ0) is 17.1. The fourth-order valence-corrected chi connectivity index (χ4v) is 4.46. The summed E-state index contributed by atoms with van der Waals surface area (Å²) in [6.07, 6.45) is 0.965. The van der Waals surface area contributed by atoms with Crippen molar-refractivity contribution in [2.24, 2.45) is 0 Å². The highest BCUT2D eigenvalue weighted by Crippen LogP contribution is 2.32. The van der Waals surface area contributed by atoms with E-state index in [0.717, 1.165) is 32.6 Å². The van der Waals surface area contributed by atoms with Crippen molar-refractivity contribution in [3.8, 4) is 0 Å². The van der Waals surface area contributed by atoms with Gasteiger partial charge in [-0.25, -0.2) is 0 Å². The van der Waals surface area contributed by atoms with E-state index in [0.29, 0.717) is 20.8 Å². The van der Waals surface area contributed by atoms with Crippen LogP contribution in [-0.2, 0) is 6.54 Å². The van der Waals surface area contributed by atoms with E-state index in [2.05, 4.69) is 36.1 Å². The van der Waals surface area contributed by atoms with Crippen molar-refractivity contribution in [3.63, 3.8) is 0 Å². The number of thiophene rings is 1. The monoisotopic (exact) mass is 382 g/mol. The highest BCUT2D eigenvalue weighted by atomic mass is 35.5. The molecule has 1 aromatic carbocycles. The predicted molar refractivity (Wildman–Crippen MR) is 101 cm³/mol. The molecular formula is C18H20Cl2N2OS. The minimum atomic E-state index is -0.0131. The molecule has 1 aromatic heterocycles. The third-order valence-electron chi connectivity index (χ3n) is 4.42. The molecule has 0 N–H and O–H groups in total. The van der Waals surface area contributed by atoms with E-state index in [1.165, 1.54) is 22.5 Å². The Labute approximate surface area is 156 Å². The van der Waals surface area contributed by atoms with Crippen molar-refractivity contribution in [1.29, 1.82) is 0 Å². The van der Waals surface area contributed by atoms with Crippen LogP contribution in [0.15, 0.2) is 30.3 Å². The number of hydrogen-bond acceptors (Lipinski definition) is 3. The Morgan fingerprint density at radius 2 is 1.96 bits per heavy atom. The highest BCUT2D eigenvalue weighted by Gasteiger charge is 2.23. The molecule has 1 amide bonds. The van der Waals surface area contributed by atoms with E-state index in [1.807, 2.05) is 4.90 Å². The minimum absolute atomic E-state index is 0.0131. The topological polar surface area (TPSA) is 23.6 Å². The number of carbonyl (C=O) groups excluding carboxylic acids is 1. The maximum absolute atomic E-state index is 12.7. The van der Waals surface area contributed by atoms with E-state index >= 15 is 0 Å². The lowest BCUT2D eigenvalue weighted by molar-refractivity contribution is 0.0762. The fourth-order valence-electron chi connectivity index (χ4n) is 3.02. The number of carbonyl (C=O) groups is 1. The van der Waals surface area contributed by atoms with Crippen LogP contribution >= 0.6 is 34.5 Å². The van der Waals surface area contributed by atoms with Crippen LogP contribution in [0.25, 0.3) is 0 Å². The fraction of sp³-hybridized carbons (Fsp3) is 0.389. The molecule has 24 heavy (non-hydrogen) atoms. The van der Waals surface area contributed by atoms with Crippen molar-refractivity contribution in [2.45, 2.75) is 19.9 Å². The summed E-state index contributed by atoms with van der Waals surface area (Å²) in [5, 5.41) is 0. The van der Waals surface area contributed by atoms with Gasteiger partial charge in [-0.05, 0) is 30.5 Å². The molecule has 0 aliphatic carbocycles. The van der Waals surface area contributed by atoms with E-state index < -0.39 is 0 Å². The zero-order valence-electron chi connectivity index (χ0n) is 13.6. The number of hydrogen-bond donors (Lipinski definition) is 0. The van der Waals surface area contributed by atoms with Crippen molar-refractivity contribution in [3.05, 3.63) is 55.7 Å². The lowest BCUT2D eigenvalue weighted by Crippen LogP contribution is -2.35. The van der Waals surface area contributed by atoms with Gasteiger partial charge in [-0.2, -0.15) is 0 Å². The number of rotatable bonds is 3. The molecule has 6 heteroatoms. The van der Waals surface area contributed by atoms with Crippen molar-refractivity contribution in [1.82, 2.24) is 9.80 Å². The van der Waals surface area contributed by atoms with Gasteiger partial charge in [-0.15, -0.1) is 11.3 Å². The maximum atomic E-state index is 12.7. The maximum Gasteiger partial charge on any atom is 0.256 e. The first-order valence-electron chi connectivity index (χ1n) is 8.05. The number of halogens is 2. The van der Waals surface area contributed by atoms with Crippen LogP contribution in [0.1, 0.15) is 27.9 Å². The average molecular weight is 383 g/mol. The third kappa shape index (κ3) is 4.12. The van der Waals surface area contributed by atoms with Crippen molar-refractivity contribution < 1.29 is 4.79 Å². The number of benzene rings is 1. The molecule has 0 radical (unpaired) electrons. The number of nitrogens with zero attached hydrogens (tertiary/aromatic N) is 2. The van der Waals surface area contributed by atoms with Crippen LogP contribution in [0, 0.1) is 6.92 Å². The van der Waals surface area contributed by atoms with Gasteiger partial charge in [0.2, 0.25) is 0 Å². The second kappa shape index (κ2) is 7.87. The summed E-state index contributed by atoms with van der Waals surface area (Å²) in [5.41, 5.74) is 3.19. The molecule has 0 unspecified atom stereocenters. The summed E-state index contributed by atoms with van der Waals surface area (Å²) in [7, 11) is 0. The Hall–Kier alpha value is -1.07. The van der Waals surface area contributed by atoms with Gasteiger partial charge < -0.3 is 4.90 Å². The van der Waals surface area contributed by atoms with Crippen LogP contribution in [-0.4, -0.2) is 41.9 Å². The Balaban J connectivity index is 1.64. The summed E-state index contributed by atoms with van der Waals surface area (Å²) in [4.78, 5) is 17.0. The summed E-state index contributed by atoms with van der Waals surface area (Å²) in [6, 6.07) is 10.1. The van der Waals surface area contributed by atoms with Crippen LogP contribution in [0.3, 0.4) is 0 Å². The van der Waals surface area contributed by atoms with E-state index in [-0.39, 0.29) is 5.91 Å². The van der Waals surface area contributed by atoms with Crippen LogP contribution in [0.4, 0.5) is 0 Å². The molecule has 0 saturated carbocycles. The first-order chi connectivity index (χ1) is 11.5. The van der Waals surface area contributed by atoms with Gasteiger partial charge in [0.1, 0.15) is 4.34 Å². The molecule has 1 saturated heterocycles. The molecule has 1 aliphatic heterocycles. The lowest BCUT2D eigenvalue weighted by atomic mass is 10.1. The van der Waals surface area contributed by atoms with Crippen LogP contribution < -0.4 is 0 Å². The van der Waals surface area contributed by atoms with Gasteiger partial charge in [0.05, 0.1) is 9.90 Å². The molecule has 0 atom stereocenters. The molecule has 2 aromatic rings. The molecule has 2 heterocycles. The highest BCUT2D eigenvalue weighted by molar-refractivity contribution is 7.20. The Bertz CT molecular complexity index is 732. The Kier molecular flexibility index (Phi) is 5.82. The molecule has 0 bridgehead atoms. The largest absolute Gasteiger partial charge is 0.337 e. The molecule has 128 valence electrons. The predicted octanol–water partition coefficient (Wildman–Crippen LogP) is 4.71. The van der Waals surface area contributed by atoms with Gasteiger partial charge in [-0.1, -0.05) is 47.5 Å². The molecule has 0 spiro atoms. The van der Waals surface area contributed by atoms with Crippen LogP contribution in [0.2, 0.25) is 8.67 Å². The smallest absolute Gasteiger partial charge is 0.256 e. The van der Waals surface area contributed by atoms with Crippen molar-refractivity contribution in [2.75, 3.05) is 26.2 Å². The Morgan fingerprint density at radius 3 is 2.67 bits per heavy atom. The standard InChI is InChI=1S/C18H20Cl2N2OS/c1-13-5-2-3-6-14(13)12-21-7-4-8-22(10-9-21)18(23)15-11-16(19)24-17(15)20/h2-3,5-6,11H,4,7-10,12H2,1H3. The first kappa shape index (κ1) is 17.7. The van der Waals surface area contributed by atoms with Gasteiger partial charge in [0.15, 0.2) is 0 Å². The van der Waals surface area contributed by atoms with Crippen molar-refractivity contribution >= 4 is 40.4 Å². The van der Waals surface area contributed by atoms with Gasteiger partial charge in [0.25, 0.3) is 5.91 Å². The second-order valence-electron chi connectivity index (χ2n) is 6.09. The summed E-state index contributed by atoms with van der Waals surface area (Å²) in [6.45, 7) is 6.41. The molecule has 3 nitrogen and oxygen atoms in total. The van der Waals surface area contributed by atoms with E-state index in [9.17, 15) is 4.79 Å². The summed E-state index contributed by atoms with van der Waals surface area (Å²) in [5.74, 6) is -0.0131. The Morgan fingerprint density at radius 1 is 1.17 bits per heavy atom. The van der Waals surface area contributed by atoms with Gasteiger partial charge in [-0.3, -0.25) is 9.69 Å². The average Bonchev–Trinajstić information content (AvgIpc) is 2.75. The SMILES string of the molecule is Cc1ccccc1CN1CCCN(C(=O)c2cc(Cl)sc2Cl)CC1. The molecular weight excluding hydrogens is 363 g/mol. The third-order valence-corrected chi connectivity index (χ3v) is 5.91. The zero-order valence-corrected chi connectivity index (χ0v) is 15.9. The number of amides is 1. The van der Waals surface area contributed by atoms with Gasteiger partial charge >= 0.3 is 0 Å². The molecule has 1 aliphatic rings. The van der Waals surface area contributed by atoms with E-state index in [4.69, 9.17) is 23.2 Å².